The SMILES string of the molecule is c1ccc(-c2nc(-c3ccccc3)nc(-n3c4ccccc4c4ccc5c6cc7cccnc7cc6oc5c43)n2)cc1. The monoisotopic (exact) mass is 539 g/mol. The third kappa shape index (κ3) is 3.39. The summed E-state index contributed by atoms with van der Waals surface area (Å²) in [6.45, 7) is 0. The van der Waals surface area contributed by atoms with E-state index >= 15 is 0 Å². The van der Waals surface area contributed by atoms with Gasteiger partial charge in [0.15, 0.2) is 17.2 Å². The molecule has 42 heavy (non-hydrogen) atoms. The second kappa shape index (κ2) is 8.81. The van der Waals surface area contributed by atoms with Crippen LogP contribution in [0.2, 0.25) is 0 Å². The predicted molar refractivity (Wildman–Crippen MR) is 168 cm³/mol. The molecule has 4 heterocycles. The van der Waals surface area contributed by atoms with Gasteiger partial charge in [-0.25, -0.2) is 4.98 Å². The van der Waals surface area contributed by atoms with Crippen LogP contribution < -0.4 is 0 Å². The second-order valence-corrected chi connectivity index (χ2v) is 10.4. The van der Waals surface area contributed by atoms with Crippen LogP contribution in [0.15, 0.2) is 132 Å². The molecule has 6 nitrogen and oxygen atoms in total. The summed E-state index contributed by atoms with van der Waals surface area (Å²) < 4.78 is 8.78. The molecule has 0 saturated carbocycles. The normalized spacial score (nSPS) is 11.8. The molecule has 5 aromatic carbocycles. The molecule has 0 fully saturated rings. The Kier molecular flexibility index (Phi) is 4.80. The average Bonchev–Trinajstić information content (AvgIpc) is 3.59. The summed E-state index contributed by atoms with van der Waals surface area (Å²) in [5, 5.41) is 5.33. The first kappa shape index (κ1) is 22.9. The first-order valence-corrected chi connectivity index (χ1v) is 13.8. The maximum Gasteiger partial charge on any atom is 0.238 e. The number of hydrogen-bond acceptors (Lipinski definition) is 5. The first-order valence-electron chi connectivity index (χ1n) is 13.8. The van der Waals surface area contributed by atoms with Crippen molar-refractivity contribution in [1.82, 2.24) is 24.5 Å². The van der Waals surface area contributed by atoms with Crippen molar-refractivity contribution in [3.63, 3.8) is 0 Å². The molecular formula is C36H21N5O. The van der Waals surface area contributed by atoms with Crippen molar-refractivity contribution < 1.29 is 4.42 Å². The maximum absolute atomic E-state index is 6.66. The maximum atomic E-state index is 6.66. The van der Waals surface area contributed by atoms with E-state index in [1.54, 1.807) is 0 Å². The molecule has 196 valence electrons. The zero-order valence-corrected chi connectivity index (χ0v) is 22.3. The molecule has 0 radical (unpaired) electrons. The van der Waals surface area contributed by atoms with E-state index in [0.29, 0.717) is 17.6 Å². The number of furan rings is 1. The topological polar surface area (TPSA) is 69.6 Å². The van der Waals surface area contributed by atoms with Gasteiger partial charge in [-0.1, -0.05) is 91.0 Å². The molecular weight excluding hydrogens is 518 g/mol. The van der Waals surface area contributed by atoms with Crippen molar-refractivity contribution in [1.29, 1.82) is 0 Å². The van der Waals surface area contributed by atoms with Crippen LogP contribution in [-0.4, -0.2) is 24.5 Å². The van der Waals surface area contributed by atoms with E-state index in [9.17, 15) is 0 Å². The minimum atomic E-state index is 0.536. The highest BCUT2D eigenvalue weighted by molar-refractivity contribution is 6.22. The van der Waals surface area contributed by atoms with Crippen LogP contribution in [0.3, 0.4) is 0 Å². The molecule has 0 bridgehead atoms. The fourth-order valence-electron chi connectivity index (χ4n) is 5.95. The molecule has 0 aliphatic rings. The van der Waals surface area contributed by atoms with Crippen molar-refractivity contribution in [2.24, 2.45) is 0 Å². The Labute approximate surface area is 239 Å². The molecule has 0 aliphatic heterocycles. The van der Waals surface area contributed by atoms with Gasteiger partial charge in [-0.15, -0.1) is 0 Å². The Morgan fingerprint density at radius 2 is 1.24 bits per heavy atom. The van der Waals surface area contributed by atoms with Crippen LogP contribution in [0.1, 0.15) is 0 Å². The van der Waals surface area contributed by atoms with Crippen LogP contribution in [0.5, 0.6) is 0 Å². The van der Waals surface area contributed by atoms with E-state index in [2.05, 4.69) is 52.0 Å². The molecule has 0 saturated heterocycles. The minimum Gasteiger partial charge on any atom is -0.454 e. The van der Waals surface area contributed by atoms with E-state index in [0.717, 1.165) is 65.8 Å². The lowest BCUT2D eigenvalue weighted by Crippen LogP contribution is -2.06. The Balaban J connectivity index is 1.42. The third-order valence-electron chi connectivity index (χ3n) is 7.88. The molecule has 0 spiro atoms. The molecule has 0 unspecified atom stereocenters. The van der Waals surface area contributed by atoms with Crippen molar-refractivity contribution in [2.45, 2.75) is 0 Å². The second-order valence-electron chi connectivity index (χ2n) is 10.4. The largest absolute Gasteiger partial charge is 0.454 e. The van der Waals surface area contributed by atoms with Gasteiger partial charge < -0.3 is 4.42 Å². The molecule has 0 atom stereocenters. The molecule has 0 N–H and O–H groups in total. The number of nitrogens with zero attached hydrogens (tertiary/aromatic N) is 5. The van der Waals surface area contributed by atoms with Crippen molar-refractivity contribution in [3.05, 3.63) is 128 Å². The van der Waals surface area contributed by atoms with E-state index in [1.807, 2.05) is 85.1 Å². The van der Waals surface area contributed by atoms with Crippen LogP contribution in [0, 0.1) is 0 Å². The number of pyridine rings is 1. The van der Waals surface area contributed by atoms with Gasteiger partial charge in [0.25, 0.3) is 0 Å². The number of aromatic nitrogens is 5. The quantitative estimate of drug-likeness (QED) is 0.224. The fourth-order valence-corrected chi connectivity index (χ4v) is 5.95. The van der Waals surface area contributed by atoms with Gasteiger partial charge in [0.1, 0.15) is 11.1 Å². The summed E-state index contributed by atoms with van der Waals surface area (Å²) in [5.41, 5.74) is 6.25. The van der Waals surface area contributed by atoms with Crippen LogP contribution >= 0.6 is 0 Å². The highest BCUT2D eigenvalue weighted by atomic mass is 16.3. The Hall–Kier alpha value is -5.88. The first-order chi connectivity index (χ1) is 20.8. The van der Waals surface area contributed by atoms with Gasteiger partial charge in [-0.05, 0) is 24.3 Å². The van der Waals surface area contributed by atoms with Crippen LogP contribution in [0.25, 0.3) is 83.4 Å². The number of benzene rings is 5. The molecule has 4 aromatic heterocycles. The standard InChI is InChI=1S/C36H21N5O/c1-3-10-22(11-4-1)34-38-35(23-12-5-2-6-13-23)40-36(39-34)41-30-16-8-7-15-25(30)26-17-18-27-28-20-24-14-9-19-37-29(24)21-31(28)42-33(27)32(26)41/h1-21H. The van der Waals surface area contributed by atoms with E-state index in [-0.39, 0.29) is 0 Å². The number of fused-ring (bicyclic) bond motifs is 8. The van der Waals surface area contributed by atoms with Gasteiger partial charge in [0, 0.05) is 50.3 Å². The summed E-state index contributed by atoms with van der Waals surface area (Å²) in [6.07, 6.45) is 1.81. The number of rotatable bonds is 3. The summed E-state index contributed by atoms with van der Waals surface area (Å²) in [5.74, 6) is 1.76. The highest BCUT2D eigenvalue weighted by Crippen LogP contribution is 2.40. The zero-order chi connectivity index (χ0) is 27.6. The van der Waals surface area contributed by atoms with Gasteiger partial charge in [-0.2, -0.15) is 9.97 Å². The van der Waals surface area contributed by atoms with Crippen LogP contribution in [0.4, 0.5) is 0 Å². The van der Waals surface area contributed by atoms with E-state index < -0.39 is 0 Å². The van der Waals surface area contributed by atoms with Crippen LogP contribution in [-0.2, 0) is 0 Å². The Morgan fingerprint density at radius 1 is 0.548 bits per heavy atom. The van der Waals surface area contributed by atoms with Gasteiger partial charge >= 0.3 is 0 Å². The van der Waals surface area contributed by atoms with E-state index in [4.69, 9.17) is 19.4 Å². The lowest BCUT2D eigenvalue weighted by molar-refractivity contribution is 0.671. The van der Waals surface area contributed by atoms with E-state index in [1.165, 1.54) is 0 Å². The highest BCUT2D eigenvalue weighted by Gasteiger charge is 2.22. The van der Waals surface area contributed by atoms with Gasteiger partial charge in [-0.3, -0.25) is 9.55 Å². The number of hydrogen-bond donors (Lipinski definition) is 0. The smallest absolute Gasteiger partial charge is 0.238 e. The van der Waals surface area contributed by atoms with Crippen molar-refractivity contribution >= 4 is 54.6 Å². The lowest BCUT2D eigenvalue weighted by Gasteiger charge is -2.11. The third-order valence-corrected chi connectivity index (χ3v) is 7.88. The van der Waals surface area contributed by atoms with Gasteiger partial charge in [0.2, 0.25) is 5.95 Å². The van der Waals surface area contributed by atoms with Crippen molar-refractivity contribution in [2.75, 3.05) is 0 Å². The summed E-state index contributed by atoms with van der Waals surface area (Å²) in [6, 6.07) is 41.0. The lowest BCUT2D eigenvalue weighted by atomic mass is 10.1. The minimum absolute atomic E-state index is 0.536. The molecule has 0 amide bonds. The van der Waals surface area contributed by atoms with Crippen molar-refractivity contribution in [3.8, 4) is 28.7 Å². The molecule has 9 aromatic rings. The Bertz CT molecular complexity index is 2400. The molecule has 9 rings (SSSR count). The molecule has 0 aliphatic carbocycles. The zero-order valence-electron chi connectivity index (χ0n) is 22.3. The summed E-state index contributed by atoms with van der Waals surface area (Å²) in [7, 11) is 0. The summed E-state index contributed by atoms with van der Waals surface area (Å²) >= 11 is 0. The molecule has 6 heteroatoms. The predicted octanol–water partition coefficient (Wildman–Crippen LogP) is 8.75. The summed E-state index contributed by atoms with van der Waals surface area (Å²) in [4.78, 5) is 19.6. The fraction of sp³-hybridized carbons (Fsp3) is 0. The Morgan fingerprint density at radius 3 is 2.00 bits per heavy atom. The number of para-hydroxylation sites is 1. The average molecular weight is 540 g/mol. The van der Waals surface area contributed by atoms with Gasteiger partial charge in [0.05, 0.1) is 11.0 Å².